The van der Waals surface area contributed by atoms with Gasteiger partial charge in [0.15, 0.2) is 0 Å². The maximum Gasteiger partial charge on any atom is 0.410 e. The highest BCUT2D eigenvalue weighted by atomic mass is 16.6. The maximum absolute atomic E-state index is 14.3. The molecule has 1 N–H and O–H groups in total. The second-order valence-corrected chi connectivity index (χ2v) is 11.4. The standard InChI is InChI=1S/C31H37N3O4/c1-21-19-25(27(22-11-7-5-8-12-22)34(21)24-13-9-6-10-14-24)29(36)33-18-17-32(30(37)38-31(2,3)4)20-26(33)28(35)23-15-16-23/h5-14,19,23,26,28,35H,15-18,20H2,1-4H3/t26-,28+/m0/s1. The molecule has 0 bridgehead atoms. The average molecular weight is 516 g/mol. The maximum atomic E-state index is 14.3. The van der Waals surface area contributed by atoms with E-state index in [-0.39, 0.29) is 18.4 Å². The zero-order valence-corrected chi connectivity index (χ0v) is 22.6. The zero-order chi connectivity index (χ0) is 27.0. The molecule has 1 aliphatic heterocycles. The normalized spacial score (nSPS) is 18.8. The van der Waals surface area contributed by atoms with E-state index in [1.807, 2.05) is 94.4 Å². The second-order valence-electron chi connectivity index (χ2n) is 11.4. The van der Waals surface area contributed by atoms with Crippen LogP contribution in [0.2, 0.25) is 0 Å². The Balaban J connectivity index is 1.52. The van der Waals surface area contributed by atoms with Gasteiger partial charge in [-0.15, -0.1) is 0 Å². The van der Waals surface area contributed by atoms with E-state index in [0.717, 1.165) is 35.5 Å². The van der Waals surface area contributed by atoms with Gasteiger partial charge in [-0.05, 0) is 70.2 Å². The van der Waals surface area contributed by atoms with Crippen molar-refractivity contribution in [3.63, 3.8) is 0 Å². The van der Waals surface area contributed by atoms with Crippen molar-refractivity contribution in [1.82, 2.24) is 14.4 Å². The van der Waals surface area contributed by atoms with Crippen molar-refractivity contribution in [3.05, 3.63) is 78.0 Å². The number of nitrogens with zero attached hydrogens (tertiary/aromatic N) is 3. The van der Waals surface area contributed by atoms with Crippen LogP contribution < -0.4 is 0 Å². The van der Waals surface area contributed by atoms with Crippen molar-refractivity contribution in [3.8, 4) is 16.9 Å². The monoisotopic (exact) mass is 515 g/mol. The smallest absolute Gasteiger partial charge is 0.410 e. The number of hydrogen-bond acceptors (Lipinski definition) is 4. The summed E-state index contributed by atoms with van der Waals surface area (Å²) < 4.78 is 7.72. The van der Waals surface area contributed by atoms with Gasteiger partial charge in [-0.3, -0.25) is 4.79 Å². The van der Waals surface area contributed by atoms with Crippen LogP contribution in [0, 0.1) is 12.8 Å². The molecule has 1 aromatic heterocycles. The molecule has 0 radical (unpaired) electrons. The minimum absolute atomic E-state index is 0.129. The number of aliphatic hydroxyl groups is 1. The van der Waals surface area contributed by atoms with Gasteiger partial charge in [0.1, 0.15) is 5.60 Å². The van der Waals surface area contributed by atoms with Gasteiger partial charge in [0.25, 0.3) is 5.91 Å². The van der Waals surface area contributed by atoms with Crippen LogP contribution in [0.3, 0.4) is 0 Å². The third-order valence-electron chi connectivity index (χ3n) is 7.31. The molecule has 0 spiro atoms. The lowest BCUT2D eigenvalue weighted by Crippen LogP contribution is -2.61. The highest BCUT2D eigenvalue weighted by Crippen LogP contribution is 2.38. The van der Waals surface area contributed by atoms with Crippen LogP contribution in [0.25, 0.3) is 16.9 Å². The molecule has 1 saturated heterocycles. The SMILES string of the molecule is Cc1cc(C(=O)N2CCN(C(=O)OC(C)(C)C)C[C@H]2[C@H](O)C2CC2)c(-c2ccccc2)n1-c1ccccc1. The Kier molecular flexibility index (Phi) is 7.05. The van der Waals surface area contributed by atoms with Crippen LogP contribution >= 0.6 is 0 Å². The van der Waals surface area contributed by atoms with Crippen LogP contribution in [0.4, 0.5) is 4.79 Å². The Hall–Kier alpha value is -3.58. The summed E-state index contributed by atoms with van der Waals surface area (Å²) in [6.07, 6.45) is 0.769. The van der Waals surface area contributed by atoms with E-state index in [1.165, 1.54) is 0 Å². The van der Waals surface area contributed by atoms with Gasteiger partial charge in [-0.1, -0.05) is 48.5 Å². The highest BCUT2D eigenvalue weighted by Gasteiger charge is 2.44. The van der Waals surface area contributed by atoms with Crippen LogP contribution in [0.5, 0.6) is 0 Å². The van der Waals surface area contributed by atoms with Gasteiger partial charge < -0.3 is 24.2 Å². The minimum Gasteiger partial charge on any atom is -0.444 e. The molecule has 2 aliphatic rings. The van der Waals surface area contributed by atoms with Crippen LogP contribution in [-0.2, 0) is 4.74 Å². The number of rotatable bonds is 5. The summed E-state index contributed by atoms with van der Waals surface area (Å²) in [5.41, 5.74) is 3.68. The third kappa shape index (κ3) is 5.34. The molecule has 2 aromatic carbocycles. The molecular weight excluding hydrogens is 478 g/mol. The lowest BCUT2D eigenvalue weighted by atomic mass is 9.99. The molecule has 3 aromatic rings. The van der Waals surface area contributed by atoms with E-state index in [9.17, 15) is 14.7 Å². The Labute approximate surface area is 224 Å². The van der Waals surface area contributed by atoms with Crippen molar-refractivity contribution >= 4 is 12.0 Å². The van der Waals surface area contributed by atoms with E-state index >= 15 is 0 Å². The number of benzene rings is 2. The molecule has 1 saturated carbocycles. The van der Waals surface area contributed by atoms with Gasteiger partial charge >= 0.3 is 6.09 Å². The predicted molar refractivity (Wildman–Crippen MR) is 147 cm³/mol. The van der Waals surface area contributed by atoms with Gasteiger partial charge in [0.2, 0.25) is 0 Å². The number of amides is 2. The number of carbonyl (C=O) groups is 2. The Bertz CT molecular complexity index is 1290. The fourth-order valence-electron chi connectivity index (χ4n) is 5.35. The summed E-state index contributed by atoms with van der Waals surface area (Å²) in [6, 6.07) is 21.4. The van der Waals surface area contributed by atoms with Crippen molar-refractivity contribution in [2.75, 3.05) is 19.6 Å². The summed E-state index contributed by atoms with van der Waals surface area (Å²) in [7, 11) is 0. The molecule has 2 atom stereocenters. The molecule has 2 amide bonds. The molecule has 1 aliphatic carbocycles. The van der Waals surface area contributed by atoms with Gasteiger partial charge in [-0.25, -0.2) is 4.79 Å². The lowest BCUT2D eigenvalue weighted by molar-refractivity contribution is -0.0237. The van der Waals surface area contributed by atoms with Crippen LogP contribution in [-0.4, -0.2) is 68.9 Å². The van der Waals surface area contributed by atoms with E-state index in [1.54, 1.807) is 9.80 Å². The number of aliphatic hydroxyl groups excluding tert-OH is 1. The number of aryl methyl sites for hydroxylation is 1. The quantitative estimate of drug-likeness (QED) is 0.501. The fourth-order valence-corrected chi connectivity index (χ4v) is 5.35. The first-order valence-electron chi connectivity index (χ1n) is 13.4. The number of hydrogen-bond donors (Lipinski definition) is 1. The molecular formula is C31H37N3O4. The summed E-state index contributed by atoms with van der Waals surface area (Å²) >= 11 is 0. The fraction of sp³-hybridized carbons (Fsp3) is 0.419. The lowest BCUT2D eigenvalue weighted by Gasteiger charge is -2.43. The molecule has 2 heterocycles. The first-order valence-corrected chi connectivity index (χ1v) is 13.4. The largest absolute Gasteiger partial charge is 0.444 e. The molecule has 7 heteroatoms. The van der Waals surface area contributed by atoms with Crippen LogP contribution in [0.1, 0.15) is 49.7 Å². The van der Waals surface area contributed by atoms with E-state index in [4.69, 9.17) is 4.74 Å². The molecule has 7 nitrogen and oxygen atoms in total. The van der Waals surface area contributed by atoms with Crippen molar-refractivity contribution in [2.45, 2.75) is 58.3 Å². The Morgan fingerprint density at radius 1 is 0.974 bits per heavy atom. The van der Waals surface area contributed by atoms with E-state index < -0.39 is 23.8 Å². The first kappa shape index (κ1) is 26.0. The molecule has 2 fully saturated rings. The topological polar surface area (TPSA) is 75.0 Å². The summed E-state index contributed by atoms with van der Waals surface area (Å²) in [4.78, 5) is 30.6. The van der Waals surface area contributed by atoms with Crippen molar-refractivity contribution < 1.29 is 19.4 Å². The first-order chi connectivity index (χ1) is 18.1. The summed E-state index contributed by atoms with van der Waals surface area (Å²) in [6.45, 7) is 8.46. The van der Waals surface area contributed by atoms with E-state index in [2.05, 4.69) is 4.57 Å². The predicted octanol–water partition coefficient (Wildman–Crippen LogP) is 5.29. The average Bonchev–Trinajstić information content (AvgIpc) is 3.69. The van der Waals surface area contributed by atoms with Crippen molar-refractivity contribution in [2.24, 2.45) is 5.92 Å². The summed E-state index contributed by atoms with van der Waals surface area (Å²) in [5.74, 6) is 0.0216. The number of ether oxygens (including phenoxy) is 1. The third-order valence-corrected chi connectivity index (χ3v) is 7.31. The van der Waals surface area contributed by atoms with Gasteiger partial charge in [0, 0.05) is 31.0 Å². The second kappa shape index (κ2) is 10.3. The Morgan fingerprint density at radius 2 is 1.61 bits per heavy atom. The molecule has 5 rings (SSSR count). The number of para-hydroxylation sites is 1. The molecule has 200 valence electrons. The Morgan fingerprint density at radius 3 is 2.21 bits per heavy atom. The number of piperazine rings is 1. The molecule has 38 heavy (non-hydrogen) atoms. The van der Waals surface area contributed by atoms with Crippen molar-refractivity contribution in [1.29, 1.82) is 0 Å². The van der Waals surface area contributed by atoms with Gasteiger partial charge in [0.05, 0.1) is 23.4 Å². The highest BCUT2D eigenvalue weighted by molar-refractivity contribution is 6.01. The number of aromatic nitrogens is 1. The van der Waals surface area contributed by atoms with Gasteiger partial charge in [-0.2, -0.15) is 0 Å². The summed E-state index contributed by atoms with van der Waals surface area (Å²) in [5, 5.41) is 11.3. The van der Waals surface area contributed by atoms with Crippen LogP contribution in [0.15, 0.2) is 66.7 Å². The zero-order valence-electron chi connectivity index (χ0n) is 22.6. The van der Waals surface area contributed by atoms with E-state index in [0.29, 0.717) is 18.7 Å². The minimum atomic E-state index is -0.693. The number of carbonyl (C=O) groups excluding carboxylic acids is 2. The molecule has 0 unspecified atom stereocenters.